The second-order valence-electron chi connectivity index (χ2n) is 6.96. The van der Waals surface area contributed by atoms with Crippen molar-refractivity contribution in [3.05, 3.63) is 77.1 Å². The molecule has 2 aromatic carbocycles. The number of hydrogen-bond donors (Lipinski definition) is 1. The third-order valence-electron chi connectivity index (χ3n) is 4.71. The van der Waals surface area contributed by atoms with Crippen molar-refractivity contribution in [3.8, 4) is 11.4 Å². The van der Waals surface area contributed by atoms with Crippen LogP contribution in [-0.2, 0) is 13.0 Å². The van der Waals surface area contributed by atoms with Crippen LogP contribution in [0, 0.1) is 0 Å². The molecule has 0 aliphatic rings. The standard InChI is InChI=1S/C22H26ClN3O/c1-3-12-25(17(2)13-18-4-10-22(27)11-5-18)15-19-14-24-26(16-19)21-8-6-20(23)7-9-21/h4-11,14,16-17,27H,3,12-13,15H2,1-2H3. The second-order valence-corrected chi connectivity index (χ2v) is 7.40. The van der Waals surface area contributed by atoms with Gasteiger partial charge < -0.3 is 5.11 Å². The second kappa shape index (κ2) is 9.07. The van der Waals surface area contributed by atoms with Crippen molar-refractivity contribution in [1.29, 1.82) is 0 Å². The van der Waals surface area contributed by atoms with E-state index in [2.05, 4.69) is 30.0 Å². The van der Waals surface area contributed by atoms with Gasteiger partial charge in [0.2, 0.25) is 0 Å². The Hall–Kier alpha value is -2.30. The highest BCUT2D eigenvalue weighted by Crippen LogP contribution is 2.17. The lowest BCUT2D eigenvalue weighted by atomic mass is 10.0. The lowest BCUT2D eigenvalue weighted by molar-refractivity contribution is 0.199. The molecule has 0 aliphatic heterocycles. The van der Waals surface area contributed by atoms with Gasteiger partial charge in [-0.1, -0.05) is 30.7 Å². The summed E-state index contributed by atoms with van der Waals surface area (Å²) in [6.07, 6.45) is 6.07. The third-order valence-corrected chi connectivity index (χ3v) is 4.97. The monoisotopic (exact) mass is 383 g/mol. The first kappa shape index (κ1) is 19.5. The molecule has 27 heavy (non-hydrogen) atoms. The molecule has 0 fully saturated rings. The van der Waals surface area contributed by atoms with Gasteiger partial charge in [-0.15, -0.1) is 0 Å². The van der Waals surface area contributed by atoms with E-state index in [1.165, 1.54) is 11.1 Å². The molecule has 4 nitrogen and oxygen atoms in total. The van der Waals surface area contributed by atoms with Gasteiger partial charge in [0.05, 0.1) is 11.9 Å². The van der Waals surface area contributed by atoms with Gasteiger partial charge in [-0.05, 0) is 68.3 Å². The molecule has 142 valence electrons. The Kier molecular flexibility index (Phi) is 6.54. The van der Waals surface area contributed by atoms with Crippen LogP contribution >= 0.6 is 11.6 Å². The molecular weight excluding hydrogens is 358 g/mol. The molecule has 5 heteroatoms. The summed E-state index contributed by atoms with van der Waals surface area (Å²) in [7, 11) is 0. The number of aromatic nitrogens is 2. The molecule has 1 unspecified atom stereocenters. The summed E-state index contributed by atoms with van der Waals surface area (Å²) in [4.78, 5) is 2.48. The van der Waals surface area contributed by atoms with Crippen LogP contribution in [0.2, 0.25) is 5.02 Å². The minimum Gasteiger partial charge on any atom is -0.508 e. The molecule has 3 rings (SSSR count). The first-order chi connectivity index (χ1) is 13.0. The highest BCUT2D eigenvalue weighted by molar-refractivity contribution is 6.30. The van der Waals surface area contributed by atoms with E-state index in [4.69, 9.17) is 11.6 Å². The smallest absolute Gasteiger partial charge is 0.115 e. The maximum absolute atomic E-state index is 9.46. The number of aromatic hydroxyl groups is 1. The Morgan fingerprint density at radius 3 is 2.44 bits per heavy atom. The summed E-state index contributed by atoms with van der Waals surface area (Å²) >= 11 is 5.97. The predicted octanol–water partition coefficient (Wildman–Crippen LogP) is 5.07. The average molecular weight is 384 g/mol. The van der Waals surface area contributed by atoms with Crippen LogP contribution in [0.4, 0.5) is 0 Å². The molecule has 0 saturated heterocycles. The van der Waals surface area contributed by atoms with Gasteiger partial charge in [0.25, 0.3) is 0 Å². The molecule has 3 aromatic rings. The van der Waals surface area contributed by atoms with Gasteiger partial charge in [-0.2, -0.15) is 5.10 Å². The molecule has 0 aliphatic carbocycles. The highest BCUT2D eigenvalue weighted by atomic mass is 35.5. The van der Waals surface area contributed by atoms with E-state index in [0.29, 0.717) is 11.8 Å². The Balaban J connectivity index is 1.68. The molecule has 1 aromatic heterocycles. The number of rotatable bonds is 8. The van der Waals surface area contributed by atoms with Crippen molar-refractivity contribution in [2.24, 2.45) is 0 Å². The molecule has 0 amide bonds. The van der Waals surface area contributed by atoms with Gasteiger partial charge >= 0.3 is 0 Å². The lowest BCUT2D eigenvalue weighted by Crippen LogP contribution is -2.34. The quantitative estimate of drug-likeness (QED) is 0.590. The Morgan fingerprint density at radius 1 is 1.07 bits per heavy atom. The Labute approximate surface area is 166 Å². The zero-order valence-electron chi connectivity index (χ0n) is 15.8. The van der Waals surface area contributed by atoms with Crippen molar-refractivity contribution in [3.63, 3.8) is 0 Å². The van der Waals surface area contributed by atoms with Crippen LogP contribution < -0.4 is 0 Å². The van der Waals surface area contributed by atoms with E-state index < -0.39 is 0 Å². The average Bonchev–Trinajstić information content (AvgIpc) is 3.12. The van der Waals surface area contributed by atoms with Crippen molar-refractivity contribution in [2.75, 3.05) is 6.54 Å². The molecule has 1 atom stereocenters. The maximum atomic E-state index is 9.46. The van der Waals surface area contributed by atoms with Crippen LogP contribution in [-0.4, -0.2) is 32.4 Å². The van der Waals surface area contributed by atoms with Gasteiger partial charge in [0.1, 0.15) is 5.75 Å². The first-order valence-corrected chi connectivity index (χ1v) is 9.74. The van der Waals surface area contributed by atoms with Crippen LogP contribution in [0.1, 0.15) is 31.4 Å². The number of hydrogen-bond acceptors (Lipinski definition) is 3. The van der Waals surface area contributed by atoms with Crippen molar-refractivity contribution < 1.29 is 5.11 Å². The van der Waals surface area contributed by atoms with E-state index in [0.717, 1.165) is 36.6 Å². The number of nitrogens with zero attached hydrogens (tertiary/aromatic N) is 3. The summed E-state index contributed by atoms with van der Waals surface area (Å²) in [5.74, 6) is 0.312. The number of phenolic OH excluding ortho intramolecular Hbond substituents is 1. The summed E-state index contributed by atoms with van der Waals surface area (Å²) in [5, 5.41) is 14.7. The summed E-state index contributed by atoms with van der Waals surface area (Å²) in [5.41, 5.74) is 3.43. The van der Waals surface area contributed by atoms with Crippen LogP contribution in [0.25, 0.3) is 5.69 Å². The van der Waals surface area contributed by atoms with E-state index >= 15 is 0 Å². The lowest BCUT2D eigenvalue weighted by Gasteiger charge is -2.28. The van der Waals surface area contributed by atoms with Crippen molar-refractivity contribution in [1.82, 2.24) is 14.7 Å². The minimum absolute atomic E-state index is 0.312. The SMILES string of the molecule is CCCN(Cc1cnn(-c2ccc(Cl)cc2)c1)C(C)Cc1ccc(O)cc1. The number of halogens is 1. The topological polar surface area (TPSA) is 41.3 Å². The largest absolute Gasteiger partial charge is 0.508 e. The maximum Gasteiger partial charge on any atom is 0.115 e. The number of phenols is 1. The van der Waals surface area contributed by atoms with Crippen LogP contribution in [0.3, 0.4) is 0 Å². The molecular formula is C22H26ClN3O. The van der Waals surface area contributed by atoms with Gasteiger partial charge in [-0.25, -0.2) is 4.68 Å². The predicted molar refractivity (Wildman–Crippen MR) is 111 cm³/mol. The molecule has 1 heterocycles. The zero-order chi connectivity index (χ0) is 19.2. The van der Waals surface area contributed by atoms with E-state index in [1.54, 1.807) is 12.1 Å². The van der Waals surface area contributed by atoms with Crippen LogP contribution in [0.5, 0.6) is 5.75 Å². The Bertz CT molecular complexity index is 843. The Morgan fingerprint density at radius 2 is 1.78 bits per heavy atom. The van der Waals surface area contributed by atoms with E-state index in [9.17, 15) is 5.11 Å². The first-order valence-electron chi connectivity index (χ1n) is 9.36. The molecule has 1 N–H and O–H groups in total. The molecule has 0 saturated carbocycles. The normalized spacial score (nSPS) is 12.4. The highest BCUT2D eigenvalue weighted by Gasteiger charge is 2.15. The fraction of sp³-hybridized carbons (Fsp3) is 0.318. The van der Waals surface area contributed by atoms with E-state index in [1.807, 2.05) is 47.3 Å². The van der Waals surface area contributed by atoms with Gasteiger partial charge in [0, 0.05) is 29.4 Å². The third kappa shape index (κ3) is 5.34. The van der Waals surface area contributed by atoms with Gasteiger partial charge in [0.15, 0.2) is 0 Å². The van der Waals surface area contributed by atoms with Gasteiger partial charge in [-0.3, -0.25) is 4.90 Å². The van der Waals surface area contributed by atoms with E-state index in [-0.39, 0.29) is 0 Å². The molecule has 0 bridgehead atoms. The van der Waals surface area contributed by atoms with Crippen molar-refractivity contribution in [2.45, 2.75) is 39.3 Å². The summed E-state index contributed by atoms with van der Waals surface area (Å²) < 4.78 is 1.89. The van der Waals surface area contributed by atoms with Crippen molar-refractivity contribution >= 4 is 11.6 Å². The summed E-state index contributed by atoms with van der Waals surface area (Å²) in [6.45, 7) is 6.36. The summed E-state index contributed by atoms with van der Waals surface area (Å²) in [6, 6.07) is 15.6. The zero-order valence-corrected chi connectivity index (χ0v) is 16.6. The molecule has 0 spiro atoms. The fourth-order valence-electron chi connectivity index (χ4n) is 3.26. The van der Waals surface area contributed by atoms with Crippen LogP contribution in [0.15, 0.2) is 60.9 Å². The fourth-order valence-corrected chi connectivity index (χ4v) is 3.38. The number of benzene rings is 2. The minimum atomic E-state index is 0.312. The molecule has 0 radical (unpaired) electrons.